The van der Waals surface area contributed by atoms with Crippen LogP contribution >= 0.6 is 0 Å². The third kappa shape index (κ3) is 3.18. The number of hydrogen-bond donors (Lipinski definition) is 0. The molecule has 1 unspecified atom stereocenters. The molecular formula is C13H17N3O. The highest BCUT2D eigenvalue weighted by atomic mass is 16.5. The van der Waals surface area contributed by atoms with Gasteiger partial charge in [-0.15, -0.1) is 0 Å². The predicted molar refractivity (Wildman–Crippen MR) is 64.7 cm³/mol. The Bertz CT molecular complexity index is 413. The van der Waals surface area contributed by atoms with E-state index in [1.165, 1.54) is 0 Å². The first-order chi connectivity index (χ1) is 8.29. The van der Waals surface area contributed by atoms with Crippen molar-refractivity contribution in [3.8, 4) is 11.9 Å². The second-order valence-corrected chi connectivity index (χ2v) is 4.44. The van der Waals surface area contributed by atoms with Crippen molar-refractivity contribution in [2.24, 2.45) is 0 Å². The van der Waals surface area contributed by atoms with Crippen LogP contribution in [0.1, 0.15) is 24.8 Å². The van der Waals surface area contributed by atoms with Crippen molar-refractivity contribution in [2.45, 2.75) is 25.4 Å². The van der Waals surface area contributed by atoms with Crippen molar-refractivity contribution in [2.75, 3.05) is 20.1 Å². The van der Waals surface area contributed by atoms with Crippen LogP contribution in [0.3, 0.4) is 0 Å². The van der Waals surface area contributed by atoms with E-state index in [9.17, 15) is 0 Å². The van der Waals surface area contributed by atoms with Crippen LogP contribution in [0.5, 0.6) is 5.88 Å². The molecule has 0 N–H and O–H groups in total. The first-order valence-corrected chi connectivity index (χ1v) is 6.00. The molecule has 17 heavy (non-hydrogen) atoms. The van der Waals surface area contributed by atoms with E-state index in [4.69, 9.17) is 10.00 Å². The van der Waals surface area contributed by atoms with Crippen molar-refractivity contribution in [1.82, 2.24) is 9.88 Å². The summed E-state index contributed by atoms with van der Waals surface area (Å²) in [7, 11) is 2.13. The number of rotatable bonds is 2. The summed E-state index contributed by atoms with van der Waals surface area (Å²) >= 11 is 0. The minimum atomic E-state index is 0.182. The van der Waals surface area contributed by atoms with Gasteiger partial charge in [-0.2, -0.15) is 5.26 Å². The SMILES string of the molecule is CN1CCCC(Oc2ncccc2C#N)CC1. The van der Waals surface area contributed by atoms with Gasteiger partial charge in [-0.3, -0.25) is 0 Å². The second-order valence-electron chi connectivity index (χ2n) is 4.44. The van der Waals surface area contributed by atoms with Crippen LogP contribution in [-0.2, 0) is 0 Å². The molecule has 0 saturated carbocycles. The molecule has 0 bridgehead atoms. The minimum Gasteiger partial charge on any atom is -0.473 e. The van der Waals surface area contributed by atoms with Crippen LogP contribution in [0.25, 0.3) is 0 Å². The Balaban J connectivity index is 2.03. The van der Waals surface area contributed by atoms with E-state index in [1.807, 2.05) is 0 Å². The molecule has 1 aliphatic rings. The molecule has 4 nitrogen and oxygen atoms in total. The van der Waals surface area contributed by atoms with Crippen LogP contribution in [0.4, 0.5) is 0 Å². The first kappa shape index (κ1) is 11.9. The number of ether oxygens (including phenoxy) is 1. The average Bonchev–Trinajstić information content (AvgIpc) is 2.55. The van der Waals surface area contributed by atoms with Gasteiger partial charge < -0.3 is 9.64 Å². The summed E-state index contributed by atoms with van der Waals surface area (Å²) < 4.78 is 5.85. The molecule has 4 heteroatoms. The van der Waals surface area contributed by atoms with E-state index >= 15 is 0 Å². The Labute approximate surface area is 102 Å². The standard InChI is InChI=1S/C13H17N3O/c1-16-8-3-5-12(6-9-16)17-13-11(10-14)4-2-7-15-13/h2,4,7,12H,3,5-6,8-9H2,1H3. The van der Waals surface area contributed by atoms with E-state index in [0.29, 0.717) is 11.4 Å². The number of nitriles is 1. The van der Waals surface area contributed by atoms with Gasteiger partial charge in [-0.1, -0.05) is 0 Å². The lowest BCUT2D eigenvalue weighted by Crippen LogP contribution is -2.22. The summed E-state index contributed by atoms with van der Waals surface area (Å²) in [6.45, 7) is 2.16. The fourth-order valence-corrected chi connectivity index (χ4v) is 2.05. The maximum absolute atomic E-state index is 8.97. The normalized spacial score (nSPS) is 21.5. The number of aromatic nitrogens is 1. The van der Waals surface area contributed by atoms with E-state index in [1.54, 1.807) is 18.3 Å². The lowest BCUT2D eigenvalue weighted by molar-refractivity contribution is 0.175. The van der Waals surface area contributed by atoms with Gasteiger partial charge >= 0.3 is 0 Å². The molecule has 2 rings (SSSR count). The summed E-state index contributed by atoms with van der Waals surface area (Å²) in [4.78, 5) is 6.45. The van der Waals surface area contributed by atoms with Crippen molar-refractivity contribution in [3.63, 3.8) is 0 Å². The van der Waals surface area contributed by atoms with Crippen LogP contribution < -0.4 is 4.74 Å². The first-order valence-electron chi connectivity index (χ1n) is 6.00. The largest absolute Gasteiger partial charge is 0.473 e. The smallest absolute Gasteiger partial charge is 0.231 e. The van der Waals surface area contributed by atoms with Crippen molar-refractivity contribution in [1.29, 1.82) is 5.26 Å². The lowest BCUT2D eigenvalue weighted by Gasteiger charge is -2.17. The molecule has 0 aliphatic carbocycles. The molecule has 1 aromatic rings. The number of hydrogen-bond acceptors (Lipinski definition) is 4. The van der Waals surface area contributed by atoms with Crippen LogP contribution in [0, 0.1) is 11.3 Å². The number of pyridine rings is 1. The fraction of sp³-hybridized carbons (Fsp3) is 0.538. The topological polar surface area (TPSA) is 49.1 Å². The summed E-state index contributed by atoms with van der Waals surface area (Å²) in [6, 6.07) is 5.61. The lowest BCUT2D eigenvalue weighted by atomic mass is 10.1. The fourth-order valence-electron chi connectivity index (χ4n) is 2.05. The molecule has 90 valence electrons. The van der Waals surface area contributed by atoms with Gasteiger partial charge in [0, 0.05) is 12.7 Å². The Morgan fingerprint density at radius 2 is 2.35 bits per heavy atom. The van der Waals surface area contributed by atoms with Gasteiger partial charge in [0.1, 0.15) is 17.7 Å². The third-order valence-corrected chi connectivity index (χ3v) is 3.07. The van der Waals surface area contributed by atoms with E-state index in [0.717, 1.165) is 32.4 Å². The molecule has 0 aromatic carbocycles. The monoisotopic (exact) mass is 231 g/mol. The van der Waals surface area contributed by atoms with Crippen molar-refractivity contribution >= 4 is 0 Å². The molecule has 2 heterocycles. The predicted octanol–water partition coefficient (Wildman–Crippen LogP) is 1.82. The molecule has 1 aliphatic heterocycles. The number of nitrogens with zero attached hydrogens (tertiary/aromatic N) is 3. The van der Waals surface area contributed by atoms with Crippen LogP contribution in [0.2, 0.25) is 0 Å². The third-order valence-electron chi connectivity index (χ3n) is 3.07. The molecule has 1 atom stereocenters. The zero-order valence-electron chi connectivity index (χ0n) is 10.1. The van der Waals surface area contributed by atoms with E-state index in [-0.39, 0.29) is 6.10 Å². The Kier molecular flexibility index (Phi) is 3.94. The zero-order chi connectivity index (χ0) is 12.1. The summed E-state index contributed by atoms with van der Waals surface area (Å²) in [5.41, 5.74) is 0.519. The Morgan fingerprint density at radius 1 is 1.47 bits per heavy atom. The molecule has 1 fully saturated rings. The second kappa shape index (κ2) is 5.65. The van der Waals surface area contributed by atoms with Gasteiger partial charge in [0.2, 0.25) is 5.88 Å². The summed E-state index contributed by atoms with van der Waals surface area (Å²) in [6.07, 6.45) is 5.01. The van der Waals surface area contributed by atoms with Crippen LogP contribution in [-0.4, -0.2) is 36.1 Å². The minimum absolute atomic E-state index is 0.182. The maximum atomic E-state index is 8.97. The molecule has 1 saturated heterocycles. The van der Waals surface area contributed by atoms with Gasteiger partial charge in [0.25, 0.3) is 0 Å². The van der Waals surface area contributed by atoms with Crippen molar-refractivity contribution < 1.29 is 4.74 Å². The van der Waals surface area contributed by atoms with Gasteiger partial charge in [0.15, 0.2) is 0 Å². The van der Waals surface area contributed by atoms with Crippen LogP contribution in [0.15, 0.2) is 18.3 Å². The Hall–Kier alpha value is -1.60. The summed E-state index contributed by atoms with van der Waals surface area (Å²) in [5.74, 6) is 0.476. The van der Waals surface area contributed by atoms with Gasteiger partial charge in [-0.25, -0.2) is 4.98 Å². The molecule has 0 radical (unpaired) electrons. The highest BCUT2D eigenvalue weighted by Crippen LogP contribution is 2.19. The maximum Gasteiger partial charge on any atom is 0.231 e. The van der Waals surface area contributed by atoms with Gasteiger partial charge in [0.05, 0.1) is 0 Å². The van der Waals surface area contributed by atoms with Gasteiger partial charge in [-0.05, 0) is 45.0 Å². The molecular weight excluding hydrogens is 214 g/mol. The van der Waals surface area contributed by atoms with Crippen molar-refractivity contribution in [3.05, 3.63) is 23.9 Å². The highest BCUT2D eigenvalue weighted by Gasteiger charge is 2.17. The quantitative estimate of drug-likeness (QED) is 0.779. The average molecular weight is 231 g/mol. The Morgan fingerprint density at radius 3 is 3.18 bits per heavy atom. The molecule has 0 amide bonds. The zero-order valence-corrected chi connectivity index (χ0v) is 10.1. The summed E-state index contributed by atoms with van der Waals surface area (Å²) in [5, 5.41) is 8.97. The highest BCUT2D eigenvalue weighted by molar-refractivity contribution is 5.37. The molecule has 1 aromatic heterocycles. The van der Waals surface area contributed by atoms with E-state index < -0.39 is 0 Å². The number of likely N-dealkylation sites (tertiary alicyclic amines) is 1. The van der Waals surface area contributed by atoms with E-state index in [2.05, 4.69) is 23.0 Å². The molecule has 0 spiro atoms.